The zero-order valence-electron chi connectivity index (χ0n) is 37.2. The van der Waals surface area contributed by atoms with Gasteiger partial charge in [0.15, 0.2) is 12.6 Å². The fourth-order valence-electron chi connectivity index (χ4n) is 14.0. The number of nitrogens with zero attached hydrogens (tertiary/aromatic N) is 1. The molecule has 348 valence electrons. The van der Waals surface area contributed by atoms with Crippen LogP contribution in [0, 0.1) is 60.4 Å². The Bertz CT molecular complexity index is 1650. The molecule has 0 spiro atoms. The van der Waals surface area contributed by atoms with Crippen molar-refractivity contribution in [3.05, 3.63) is 21.8 Å². The SMILES string of the molecule is C[C@H]1O[C@@H](O[C@H]2[C@H](O[C@H]3CC[C@@]4(C)[C@@H](CC[C@]5(C)[C@@H]4CC=C4[C@@H]6CC(C)(C)CC[C@]6(C(=O)OCCCCO[N+](=O)[O-])CC[C@]45C)[C@]3(C)CO)OC[C@H](O)[C@@H]2O)[C@H](O)[C@H](O)[C@H]1O. The normalized spacial score (nSPS) is 49.3. The average Bonchev–Trinajstić information content (AvgIpc) is 3.20. The highest BCUT2D eigenvalue weighted by Crippen LogP contribution is 2.76. The molecule has 5 aliphatic carbocycles. The molecule has 0 bridgehead atoms. The summed E-state index contributed by atoms with van der Waals surface area (Å²) in [5.74, 6) is 0.245. The molecule has 2 saturated heterocycles. The van der Waals surface area contributed by atoms with E-state index in [2.05, 4.69) is 52.5 Å². The monoisotopic (exact) mass is 867 g/mol. The zero-order chi connectivity index (χ0) is 44.5. The van der Waals surface area contributed by atoms with Crippen LogP contribution in [0.2, 0.25) is 0 Å². The van der Waals surface area contributed by atoms with Crippen LogP contribution in [0.3, 0.4) is 0 Å². The van der Waals surface area contributed by atoms with Crippen LogP contribution in [0.1, 0.15) is 126 Å². The second kappa shape index (κ2) is 17.1. The van der Waals surface area contributed by atoms with Gasteiger partial charge in [0.25, 0.3) is 5.09 Å². The second-order valence-corrected chi connectivity index (χ2v) is 21.6. The van der Waals surface area contributed by atoms with E-state index < -0.39 is 77.3 Å². The molecule has 0 aromatic rings. The third-order valence-electron chi connectivity index (χ3n) is 17.9. The smallest absolute Gasteiger partial charge is 0.312 e. The van der Waals surface area contributed by atoms with Crippen LogP contribution in [0.25, 0.3) is 0 Å². The summed E-state index contributed by atoms with van der Waals surface area (Å²) in [5, 5.41) is 74.3. The van der Waals surface area contributed by atoms with Gasteiger partial charge in [-0.25, -0.2) is 0 Å². The lowest BCUT2D eigenvalue weighted by Crippen LogP contribution is -2.67. The van der Waals surface area contributed by atoms with Crippen LogP contribution in [0.4, 0.5) is 0 Å². The minimum atomic E-state index is -1.64. The number of aliphatic hydroxyl groups excluding tert-OH is 6. The Balaban J connectivity index is 1.11. The Morgan fingerprint density at radius 2 is 1.56 bits per heavy atom. The third kappa shape index (κ3) is 7.88. The van der Waals surface area contributed by atoms with E-state index in [-0.39, 0.29) is 71.8 Å². The van der Waals surface area contributed by atoms with Gasteiger partial charge in [-0.15, -0.1) is 10.1 Å². The maximum Gasteiger partial charge on any atom is 0.312 e. The minimum Gasteiger partial charge on any atom is -0.465 e. The van der Waals surface area contributed by atoms with Crippen LogP contribution in [-0.4, -0.2) is 130 Å². The van der Waals surface area contributed by atoms with Crippen molar-refractivity contribution in [3.63, 3.8) is 0 Å². The van der Waals surface area contributed by atoms with Gasteiger partial charge in [0.05, 0.1) is 44.1 Å². The van der Waals surface area contributed by atoms with Crippen molar-refractivity contribution in [2.75, 3.05) is 26.4 Å². The Kier molecular flexibility index (Phi) is 13.2. The summed E-state index contributed by atoms with van der Waals surface area (Å²) in [7, 11) is 0. The Morgan fingerprint density at radius 1 is 0.852 bits per heavy atom. The first kappa shape index (κ1) is 47.0. The van der Waals surface area contributed by atoms with Gasteiger partial charge in [0, 0.05) is 5.41 Å². The molecule has 0 aromatic heterocycles. The fourth-order valence-corrected chi connectivity index (χ4v) is 14.0. The lowest BCUT2D eigenvalue weighted by atomic mass is 9.33. The van der Waals surface area contributed by atoms with E-state index in [4.69, 9.17) is 23.7 Å². The number of aliphatic hydroxyl groups is 6. The molecule has 4 saturated carbocycles. The van der Waals surface area contributed by atoms with Gasteiger partial charge in [-0.05, 0) is 123 Å². The number of fused-ring (bicyclic) bond motifs is 7. The van der Waals surface area contributed by atoms with Gasteiger partial charge in [0.1, 0.15) is 36.6 Å². The van der Waals surface area contributed by atoms with Crippen LogP contribution in [-0.2, 0) is 33.3 Å². The molecule has 61 heavy (non-hydrogen) atoms. The predicted molar refractivity (Wildman–Crippen MR) is 217 cm³/mol. The molecule has 2 aliphatic heterocycles. The van der Waals surface area contributed by atoms with Gasteiger partial charge in [-0.3, -0.25) is 4.79 Å². The Labute approximate surface area is 359 Å². The van der Waals surface area contributed by atoms with Gasteiger partial charge >= 0.3 is 5.97 Å². The van der Waals surface area contributed by atoms with Crippen LogP contribution in [0.15, 0.2) is 11.6 Å². The third-order valence-corrected chi connectivity index (χ3v) is 17.9. The van der Waals surface area contributed by atoms with Crippen molar-refractivity contribution in [1.82, 2.24) is 0 Å². The first-order chi connectivity index (χ1) is 28.6. The maximum absolute atomic E-state index is 14.3. The Morgan fingerprint density at radius 3 is 2.26 bits per heavy atom. The average molecular weight is 868 g/mol. The molecule has 6 fully saturated rings. The van der Waals surface area contributed by atoms with Crippen LogP contribution < -0.4 is 0 Å². The second-order valence-electron chi connectivity index (χ2n) is 21.6. The summed E-state index contributed by atoms with van der Waals surface area (Å²) in [6.45, 7) is 15.3. The highest BCUT2D eigenvalue weighted by Gasteiger charge is 2.70. The molecule has 2 heterocycles. The minimum absolute atomic E-state index is 0.0250. The van der Waals surface area contributed by atoms with E-state index in [1.165, 1.54) is 12.5 Å². The largest absolute Gasteiger partial charge is 0.465 e. The number of ether oxygens (including phenoxy) is 5. The molecule has 16 heteroatoms. The molecule has 0 radical (unpaired) electrons. The molecule has 16 nitrogen and oxygen atoms in total. The van der Waals surface area contributed by atoms with Crippen molar-refractivity contribution < 1.29 is 69.0 Å². The number of hydrogen-bond donors (Lipinski definition) is 6. The predicted octanol–water partition coefficient (Wildman–Crippen LogP) is 3.97. The van der Waals surface area contributed by atoms with E-state index in [0.717, 1.165) is 57.8 Å². The Hall–Kier alpha value is -1.99. The number of allylic oxidation sites excluding steroid dienone is 2. The highest BCUT2D eigenvalue weighted by molar-refractivity contribution is 5.78. The molecule has 7 aliphatic rings. The summed E-state index contributed by atoms with van der Waals surface area (Å²) in [6.07, 6.45) is -1.08. The first-order valence-electron chi connectivity index (χ1n) is 22.8. The van der Waals surface area contributed by atoms with Crippen molar-refractivity contribution >= 4 is 5.97 Å². The zero-order valence-corrected chi connectivity index (χ0v) is 37.2. The van der Waals surface area contributed by atoms with Crippen molar-refractivity contribution in [2.45, 2.75) is 187 Å². The summed E-state index contributed by atoms with van der Waals surface area (Å²) in [5.41, 5.74) is -0.322. The molecule has 0 amide bonds. The number of rotatable bonds is 12. The number of esters is 1. The van der Waals surface area contributed by atoms with Gasteiger partial charge < -0.3 is 59.2 Å². The number of carbonyl (C=O) groups excluding carboxylic acids is 1. The van der Waals surface area contributed by atoms with Gasteiger partial charge in [-0.1, -0.05) is 53.2 Å². The fraction of sp³-hybridized carbons (Fsp3) is 0.933. The molecular weight excluding hydrogens is 794 g/mol. The summed E-state index contributed by atoms with van der Waals surface area (Å²) < 4.78 is 30.4. The molecule has 18 atom stereocenters. The van der Waals surface area contributed by atoms with Crippen molar-refractivity contribution in [3.8, 4) is 0 Å². The maximum atomic E-state index is 14.3. The number of carbonyl (C=O) groups is 1. The van der Waals surface area contributed by atoms with Gasteiger partial charge in [0.2, 0.25) is 0 Å². The summed E-state index contributed by atoms with van der Waals surface area (Å²) in [4.78, 5) is 29.3. The quantitative estimate of drug-likeness (QED) is 0.0407. The number of unbranched alkanes of at least 4 members (excludes halogenated alkanes) is 1. The van der Waals surface area contributed by atoms with E-state index in [9.17, 15) is 45.5 Å². The van der Waals surface area contributed by atoms with E-state index >= 15 is 0 Å². The molecule has 0 unspecified atom stereocenters. The topological polar surface area (TPSA) is 237 Å². The van der Waals surface area contributed by atoms with E-state index in [1.807, 2.05) is 0 Å². The van der Waals surface area contributed by atoms with Crippen molar-refractivity contribution in [1.29, 1.82) is 0 Å². The van der Waals surface area contributed by atoms with Crippen molar-refractivity contribution in [2.24, 2.45) is 50.2 Å². The lowest BCUT2D eigenvalue weighted by Gasteiger charge is -2.71. The highest BCUT2D eigenvalue weighted by atomic mass is 16.9. The molecular formula is C45H73NO15. The molecule has 0 aromatic carbocycles. The summed E-state index contributed by atoms with van der Waals surface area (Å²) >= 11 is 0. The number of hydrogen-bond acceptors (Lipinski definition) is 15. The van der Waals surface area contributed by atoms with Gasteiger partial charge in [-0.2, -0.15) is 0 Å². The first-order valence-corrected chi connectivity index (χ1v) is 22.8. The standard InChI is InChI=1S/C45H73NO15/c1-25-32(49)34(51)35(52)37(59-25)61-36-33(50)28(48)23-57-38(36)60-31-13-14-41(4)29(42(31,5)24-47)12-15-44(7)30(41)11-10-26-27-22-40(2,3)16-18-45(27,19-17-43(26,44)6)39(53)56-20-8-9-21-58-46(54)55/h10,25,27-38,47-52H,8-9,11-24H2,1-7H3/t25-,27+,28+,29-,30-,31+,32+,33+,34-,35-,36-,37+,38+,41+,42+,43-,44-,45+/m1/s1. The molecule has 7 rings (SSSR count). The summed E-state index contributed by atoms with van der Waals surface area (Å²) in [6, 6.07) is 0. The van der Waals surface area contributed by atoms with Crippen LogP contribution >= 0.6 is 0 Å². The van der Waals surface area contributed by atoms with Crippen LogP contribution in [0.5, 0.6) is 0 Å². The molecule has 6 N–H and O–H groups in total. The van der Waals surface area contributed by atoms with E-state index in [1.54, 1.807) is 0 Å². The van der Waals surface area contributed by atoms with E-state index in [0.29, 0.717) is 19.3 Å². The lowest BCUT2D eigenvalue weighted by molar-refractivity contribution is -0.757.